The summed E-state index contributed by atoms with van der Waals surface area (Å²) in [7, 11) is 1.17. The zero-order valence-corrected chi connectivity index (χ0v) is 29.6. The molecule has 6 rings (SSSR count). The van der Waals surface area contributed by atoms with Gasteiger partial charge < -0.3 is 25.4 Å². The molecule has 2 aliphatic rings. The first-order chi connectivity index (χ1) is 21.9. The first-order valence-corrected chi connectivity index (χ1v) is 18.5. The number of aromatic nitrogens is 4. The van der Waals surface area contributed by atoms with Crippen molar-refractivity contribution in [3.8, 4) is 5.75 Å². The summed E-state index contributed by atoms with van der Waals surface area (Å²) in [4.78, 5) is 23.0. The molecule has 0 saturated carbocycles. The molecule has 10 nitrogen and oxygen atoms in total. The molecular weight excluding hydrogens is 670 g/mol. The SMILES string of the molecule is COc1cc(N2CCC(N3CC(F)(C(C)(C)O)C3)CC2)c(C)cc1Nc1ncc(Br)c(Nc2ccc3nccnc3c2P(C)C)n1. The highest BCUT2D eigenvalue weighted by molar-refractivity contribution is 9.10. The van der Waals surface area contributed by atoms with E-state index in [1.54, 1.807) is 39.5 Å². The minimum absolute atomic E-state index is 0.292. The molecule has 244 valence electrons. The number of hydrogen-bond donors (Lipinski definition) is 3. The van der Waals surface area contributed by atoms with Crippen molar-refractivity contribution in [2.75, 3.05) is 62.2 Å². The van der Waals surface area contributed by atoms with Gasteiger partial charge in [-0.2, -0.15) is 4.98 Å². The maximum atomic E-state index is 15.0. The van der Waals surface area contributed by atoms with Crippen LogP contribution in [0, 0.1) is 6.92 Å². The Morgan fingerprint density at radius 3 is 2.46 bits per heavy atom. The molecule has 4 aromatic rings. The van der Waals surface area contributed by atoms with Gasteiger partial charge >= 0.3 is 0 Å². The van der Waals surface area contributed by atoms with Crippen LogP contribution < -0.4 is 25.6 Å². The molecule has 2 aromatic carbocycles. The maximum absolute atomic E-state index is 15.0. The molecule has 46 heavy (non-hydrogen) atoms. The Balaban J connectivity index is 1.17. The average Bonchev–Trinajstić information content (AvgIpc) is 3.00. The molecule has 0 bridgehead atoms. The zero-order chi connectivity index (χ0) is 32.8. The van der Waals surface area contributed by atoms with Crippen molar-refractivity contribution < 1.29 is 14.2 Å². The number of hydrogen-bond acceptors (Lipinski definition) is 10. The lowest BCUT2D eigenvalue weighted by molar-refractivity contribution is -0.170. The van der Waals surface area contributed by atoms with E-state index < -0.39 is 19.2 Å². The van der Waals surface area contributed by atoms with Gasteiger partial charge in [-0.25, -0.2) is 9.37 Å². The molecule has 0 radical (unpaired) electrons. The quantitative estimate of drug-likeness (QED) is 0.176. The van der Waals surface area contributed by atoms with Crippen LogP contribution in [0.2, 0.25) is 0 Å². The molecule has 2 saturated heterocycles. The second-order valence-electron chi connectivity index (χ2n) is 12.9. The summed E-state index contributed by atoms with van der Waals surface area (Å²) in [5.74, 6) is 1.75. The predicted molar refractivity (Wildman–Crippen MR) is 189 cm³/mol. The van der Waals surface area contributed by atoms with Gasteiger partial charge in [0.05, 0.1) is 33.9 Å². The minimum atomic E-state index is -1.53. The van der Waals surface area contributed by atoms with Gasteiger partial charge in [0, 0.05) is 73.6 Å². The van der Waals surface area contributed by atoms with E-state index in [2.05, 4.69) is 83.7 Å². The van der Waals surface area contributed by atoms with Gasteiger partial charge in [-0.3, -0.25) is 14.9 Å². The third-order valence-corrected chi connectivity index (χ3v) is 11.1. The molecule has 3 N–H and O–H groups in total. The second kappa shape index (κ2) is 12.8. The van der Waals surface area contributed by atoms with Gasteiger partial charge in [0.25, 0.3) is 0 Å². The maximum Gasteiger partial charge on any atom is 0.229 e. The Bertz CT molecular complexity index is 1740. The number of piperidine rings is 1. The number of benzene rings is 2. The molecule has 0 unspecified atom stereocenters. The van der Waals surface area contributed by atoms with Crippen molar-refractivity contribution in [1.82, 2.24) is 24.8 Å². The van der Waals surface area contributed by atoms with Gasteiger partial charge in [0.15, 0.2) is 5.67 Å². The Kier molecular flexibility index (Phi) is 9.10. The third kappa shape index (κ3) is 6.37. The monoisotopic (exact) mass is 710 g/mol. The molecule has 2 fully saturated rings. The molecule has 0 atom stereocenters. The number of likely N-dealkylation sites (tertiary alicyclic amines) is 1. The first-order valence-electron chi connectivity index (χ1n) is 15.4. The van der Waals surface area contributed by atoms with Crippen molar-refractivity contribution in [2.24, 2.45) is 0 Å². The third-order valence-electron chi connectivity index (χ3n) is 9.15. The molecule has 2 aromatic heterocycles. The summed E-state index contributed by atoms with van der Waals surface area (Å²) in [5, 5.41) is 18.2. The second-order valence-corrected chi connectivity index (χ2v) is 16.0. The van der Waals surface area contributed by atoms with Crippen LogP contribution in [0.4, 0.5) is 33.2 Å². The number of nitrogens with zero attached hydrogens (tertiary/aromatic N) is 6. The van der Waals surface area contributed by atoms with Crippen LogP contribution in [-0.4, -0.2) is 93.9 Å². The van der Waals surface area contributed by atoms with Crippen molar-refractivity contribution >= 4 is 69.0 Å². The summed E-state index contributed by atoms with van der Waals surface area (Å²) < 4.78 is 21.5. The van der Waals surface area contributed by atoms with Crippen LogP contribution in [0.1, 0.15) is 32.3 Å². The van der Waals surface area contributed by atoms with E-state index in [1.165, 1.54) is 0 Å². The highest BCUT2D eigenvalue weighted by atomic mass is 79.9. The summed E-state index contributed by atoms with van der Waals surface area (Å²) in [5.41, 5.74) is 2.83. The Hall–Kier alpha value is -3.18. The van der Waals surface area contributed by atoms with Gasteiger partial charge in [-0.1, -0.05) is 7.92 Å². The van der Waals surface area contributed by atoms with Crippen LogP contribution in [0.5, 0.6) is 5.75 Å². The molecule has 0 aliphatic carbocycles. The van der Waals surface area contributed by atoms with Gasteiger partial charge in [-0.15, -0.1) is 0 Å². The van der Waals surface area contributed by atoms with E-state index in [0.717, 1.165) is 69.4 Å². The van der Waals surface area contributed by atoms with Gasteiger partial charge in [0.2, 0.25) is 5.95 Å². The van der Waals surface area contributed by atoms with Gasteiger partial charge in [0.1, 0.15) is 11.6 Å². The van der Waals surface area contributed by atoms with Crippen LogP contribution in [-0.2, 0) is 0 Å². The number of rotatable bonds is 9. The van der Waals surface area contributed by atoms with Crippen LogP contribution in [0.25, 0.3) is 11.0 Å². The predicted octanol–water partition coefficient (Wildman–Crippen LogP) is 6.12. The normalized spacial score (nSPS) is 17.3. The van der Waals surface area contributed by atoms with E-state index >= 15 is 0 Å². The molecule has 0 spiro atoms. The lowest BCUT2D eigenvalue weighted by Gasteiger charge is -2.54. The van der Waals surface area contributed by atoms with Crippen LogP contribution in [0.15, 0.2) is 47.3 Å². The average molecular weight is 712 g/mol. The number of fused-ring (bicyclic) bond motifs is 1. The fourth-order valence-electron chi connectivity index (χ4n) is 6.34. The fraction of sp³-hybridized carbons (Fsp3) is 0.455. The van der Waals surface area contributed by atoms with E-state index in [1.807, 2.05) is 12.1 Å². The molecule has 0 amide bonds. The lowest BCUT2D eigenvalue weighted by atomic mass is 9.79. The minimum Gasteiger partial charge on any atom is -0.494 e. The number of aliphatic hydroxyl groups is 1. The number of anilines is 5. The van der Waals surface area contributed by atoms with E-state index in [-0.39, 0.29) is 0 Å². The van der Waals surface area contributed by atoms with E-state index in [4.69, 9.17) is 9.72 Å². The number of ether oxygens (including phenoxy) is 1. The summed E-state index contributed by atoms with van der Waals surface area (Å²) in [6.45, 7) is 11.9. The highest BCUT2D eigenvalue weighted by Crippen LogP contribution is 2.41. The smallest absolute Gasteiger partial charge is 0.229 e. The summed E-state index contributed by atoms with van der Waals surface area (Å²) in [6.07, 6.45) is 7.04. The summed E-state index contributed by atoms with van der Waals surface area (Å²) in [6, 6.07) is 8.45. The summed E-state index contributed by atoms with van der Waals surface area (Å²) >= 11 is 3.61. The first kappa shape index (κ1) is 32.7. The highest BCUT2D eigenvalue weighted by Gasteiger charge is 2.55. The standard InChI is InChI=1S/C33H41BrFN8O2P/c1-20-15-25(27(45-4)16-26(20)42-13-9-21(10-14-42)43-18-33(35,19-43)32(2,3)44)40-31-38-17-22(34)30(41-31)39-24-8-7-23-28(29(24)46(5)6)37-12-11-36-23/h7-8,11-12,15-17,21,44H,9-10,13-14,18-19H2,1-6H3,(H2,38,39,40,41). The Morgan fingerprint density at radius 1 is 1.07 bits per heavy atom. The number of aryl methyl sites for hydroxylation is 1. The Morgan fingerprint density at radius 2 is 1.78 bits per heavy atom. The Labute approximate surface area is 279 Å². The topological polar surface area (TPSA) is 112 Å². The zero-order valence-electron chi connectivity index (χ0n) is 27.1. The lowest BCUT2D eigenvalue weighted by Crippen LogP contribution is -2.71. The fourth-order valence-corrected chi connectivity index (χ4v) is 7.84. The largest absolute Gasteiger partial charge is 0.494 e. The number of nitrogens with one attached hydrogen (secondary N) is 2. The molecule has 13 heteroatoms. The molecule has 4 heterocycles. The molecule has 2 aliphatic heterocycles. The van der Waals surface area contributed by atoms with E-state index in [9.17, 15) is 9.50 Å². The van der Waals surface area contributed by atoms with Gasteiger partial charge in [-0.05, 0) is 86.6 Å². The molecular formula is C33H41BrFN8O2P. The van der Waals surface area contributed by atoms with Crippen molar-refractivity contribution in [1.29, 1.82) is 0 Å². The number of methoxy groups -OCH3 is 1. The van der Waals surface area contributed by atoms with Crippen LogP contribution in [0.3, 0.4) is 0 Å². The van der Waals surface area contributed by atoms with Crippen molar-refractivity contribution in [2.45, 2.75) is 50.9 Å². The van der Waals surface area contributed by atoms with Crippen LogP contribution >= 0.6 is 23.9 Å². The van der Waals surface area contributed by atoms with E-state index in [0.29, 0.717) is 36.6 Å². The number of halogens is 2. The van der Waals surface area contributed by atoms with Crippen molar-refractivity contribution in [3.05, 3.63) is 52.9 Å². The number of alkyl halides is 1. The van der Waals surface area contributed by atoms with Crippen molar-refractivity contribution in [3.63, 3.8) is 0 Å².